The number of nitro groups is 1. The molecule has 1 heterocycles. The Morgan fingerprint density at radius 2 is 2.00 bits per heavy atom. The molecule has 0 saturated carbocycles. The number of nitro benzene ring substituents is 1. The van der Waals surface area contributed by atoms with Crippen LogP contribution in [0, 0.1) is 15.9 Å². The van der Waals surface area contributed by atoms with Crippen LogP contribution >= 0.6 is 0 Å². The lowest BCUT2D eigenvalue weighted by Crippen LogP contribution is -2.41. The number of hydrazone groups is 1. The number of carbonyl (C=O) groups is 2. The number of amides is 2. The number of hydrogen-bond donors (Lipinski definition) is 0. The lowest BCUT2D eigenvalue weighted by molar-refractivity contribution is -0.385. The molecule has 10 heteroatoms. The van der Waals surface area contributed by atoms with Crippen molar-refractivity contribution in [3.05, 3.63) is 75.6 Å². The molecule has 0 N–H and O–H groups in total. The third-order valence-electron chi connectivity index (χ3n) is 5.15. The van der Waals surface area contributed by atoms with Crippen LogP contribution in [0.25, 0.3) is 0 Å². The topological polar surface area (TPSA) is 105 Å². The molecular weight excluding hydrogens is 419 g/mol. The average Bonchev–Trinajstić information content (AvgIpc) is 3.22. The molecule has 1 aliphatic heterocycles. The Labute approximate surface area is 184 Å². The molecule has 1 atom stereocenters. The average molecular weight is 442 g/mol. The van der Waals surface area contributed by atoms with E-state index in [2.05, 4.69) is 5.10 Å². The van der Waals surface area contributed by atoms with Crippen LogP contribution in [0.2, 0.25) is 0 Å². The second kappa shape index (κ2) is 10.1. The van der Waals surface area contributed by atoms with Crippen molar-refractivity contribution in [2.45, 2.75) is 19.4 Å². The smallest absolute Gasteiger partial charge is 0.269 e. The van der Waals surface area contributed by atoms with Crippen molar-refractivity contribution in [3.63, 3.8) is 0 Å². The third-order valence-corrected chi connectivity index (χ3v) is 5.15. The number of carbonyl (C=O) groups excluding carboxylic acids is 2. The van der Waals surface area contributed by atoms with Gasteiger partial charge in [0.1, 0.15) is 12.4 Å². The summed E-state index contributed by atoms with van der Waals surface area (Å²) < 4.78 is 18.3. The minimum atomic E-state index is -0.598. The molecule has 0 saturated heterocycles. The number of methoxy groups -OCH3 is 1. The van der Waals surface area contributed by atoms with Gasteiger partial charge in [-0.05, 0) is 23.3 Å². The van der Waals surface area contributed by atoms with Crippen molar-refractivity contribution >= 4 is 23.2 Å². The summed E-state index contributed by atoms with van der Waals surface area (Å²) in [6.07, 6.45) is 0.288. The number of hydrogen-bond acceptors (Lipinski definition) is 6. The molecule has 2 amide bonds. The molecule has 0 spiro atoms. The first-order valence-electron chi connectivity index (χ1n) is 9.94. The maximum absolute atomic E-state index is 13.3. The van der Waals surface area contributed by atoms with Crippen molar-refractivity contribution < 1.29 is 23.6 Å². The molecular formula is C22H23FN4O5. The maximum atomic E-state index is 13.3. The van der Waals surface area contributed by atoms with Crippen LogP contribution in [0.15, 0.2) is 53.6 Å². The Hall–Kier alpha value is -3.66. The van der Waals surface area contributed by atoms with E-state index in [1.165, 1.54) is 48.2 Å². The molecule has 0 aromatic heterocycles. The first-order chi connectivity index (χ1) is 15.3. The molecule has 0 fully saturated rings. The molecule has 1 aliphatic rings. The van der Waals surface area contributed by atoms with E-state index in [1.807, 2.05) is 0 Å². The molecule has 0 bridgehead atoms. The van der Waals surface area contributed by atoms with E-state index in [0.29, 0.717) is 16.8 Å². The summed E-state index contributed by atoms with van der Waals surface area (Å²) in [5.41, 5.74) is 1.62. The van der Waals surface area contributed by atoms with E-state index >= 15 is 0 Å². The zero-order valence-electron chi connectivity index (χ0n) is 17.7. The monoisotopic (exact) mass is 442 g/mol. The van der Waals surface area contributed by atoms with Crippen molar-refractivity contribution in [3.8, 4) is 0 Å². The number of halogens is 1. The minimum absolute atomic E-state index is 0.101. The van der Waals surface area contributed by atoms with Crippen molar-refractivity contribution in [1.82, 2.24) is 9.91 Å². The van der Waals surface area contributed by atoms with Gasteiger partial charge < -0.3 is 9.64 Å². The first-order valence-corrected chi connectivity index (χ1v) is 9.94. The zero-order chi connectivity index (χ0) is 23.3. The summed E-state index contributed by atoms with van der Waals surface area (Å²) in [6, 6.07) is 11.1. The Bertz CT molecular complexity index is 1040. The fraction of sp³-hybridized carbons (Fsp3) is 0.318. The molecule has 9 nitrogen and oxygen atoms in total. The molecule has 0 radical (unpaired) electrons. The van der Waals surface area contributed by atoms with Gasteiger partial charge in [-0.15, -0.1) is 0 Å². The van der Waals surface area contributed by atoms with E-state index in [0.717, 1.165) is 0 Å². The third kappa shape index (κ3) is 5.33. The minimum Gasteiger partial charge on any atom is -0.383 e. The second-order valence-corrected chi connectivity index (χ2v) is 7.30. The van der Waals surface area contributed by atoms with E-state index in [1.54, 1.807) is 24.3 Å². The van der Waals surface area contributed by atoms with Crippen LogP contribution in [0.1, 0.15) is 30.5 Å². The normalized spacial score (nSPS) is 15.4. The SMILES string of the molecule is COCCN(CC(=O)N1N=C(c2ccc(F)cc2)C[C@H]1c1cccc([N+](=O)[O-])c1)C(C)=O. The Morgan fingerprint density at radius 1 is 1.28 bits per heavy atom. The van der Waals surface area contributed by atoms with Crippen LogP contribution in [0.3, 0.4) is 0 Å². The largest absolute Gasteiger partial charge is 0.383 e. The summed E-state index contributed by atoms with van der Waals surface area (Å²) in [4.78, 5) is 37.2. The maximum Gasteiger partial charge on any atom is 0.269 e. The lowest BCUT2D eigenvalue weighted by atomic mass is 9.98. The van der Waals surface area contributed by atoms with E-state index in [4.69, 9.17) is 4.74 Å². The van der Waals surface area contributed by atoms with Crippen molar-refractivity contribution in [2.24, 2.45) is 5.10 Å². The van der Waals surface area contributed by atoms with Gasteiger partial charge in [0, 0.05) is 39.1 Å². The molecule has 32 heavy (non-hydrogen) atoms. The van der Waals surface area contributed by atoms with Gasteiger partial charge in [0.05, 0.1) is 23.3 Å². The fourth-order valence-electron chi connectivity index (χ4n) is 3.45. The highest BCUT2D eigenvalue weighted by molar-refractivity contribution is 6.03. The van der Waals surface area contributed by atoms with Crippen LogP contribution in [-0.4, -0.2) is 59.2 Å². The van der Waals surface area contributed by atoms with E-state index in [-0.39, 0.29) is 37.7 Å². The summed E-state index contributed by atoms with van der Waals surface area (Å²) in [7, 11) is 1.50. The summed E-state index contributed by atoms with van der Waals surface area (Å²) >= 11 is 0. The number of ether oxygens (including phenoxy) is 1. The van der Waals surface area contributed by atoms with Gasteiger partial charge in [-0.3, -0.25) is 19.7 Å². The van der Waals surface area contributed by atoms with E-state index in [9.17, 15) is 24.1 Å². The molecule has 2 aromatic rings. The number of nitrogens with zero attached hydrogens (tertiary/aromatic N) is 4. The second-order valence-electron chi connectivity index (χ2n) is 7.30. The van der Waals surface area contributed by atoms with Gasteiger partial charge >= 0.3 is 0 Å². The van der Waals surface area contributed by atoms with Crippen LogP contribution in [0.4, 0.5) is 10.1 Å². The van der Waals surface area contributed by atoms with Gasteiger partial charge in [0.25, 0.3) is 11.6 Å². The summed E-state index contributed by atoms with van der Waals surface area (Å²) in [6.45, 7) is 1.65. The Balaban J connectivity index is 1.93. The zero-order valence-corrected chi connectivity index (χ0v) is 17.7. The lowest BCUT2D eigenvalue weighted by Gasteiger charge is -2.26. The Kier molecular flexibility index (Phi) is 7.26. The molecule has 0 aliphatic carbocycles. The van der Waals surface area contributed by atoms with Crippen molar-refractivity contribution in [1.29, 1.82) is 0 Å². The molecule has 0 unspecified atom stereocenters. The molecule has 168 valence electrons. The number of benzene rings is 2. The van der Waals surface area contributed by atoms with Gasteiger partial charge in [0.2, 0.25) is 5.91 Å². The predicted octanol–water partition coefficient (Wildman–Crippen LogP) is 2.91. The highest BCUT2D eigenvalue weighted by Gasteiger charge is 2.34. The van der Waals surface area contributed by atoms with Crippen molar-refractivity contribution in [2.75, 3.05) is 26.8 Å². The summed E-state index contributed by atoms with van der Waals surface area (Å²) in [5.74, 6) is -1.13. The quantitative estimate of drug-likeness (QED) is 0.462. The number of rotatable bonds is 8. The fourth-order valence-corrected chi connectivity index (χ4v) is 3.45. The van der Waals surface area contributed by atoms with Crippen LogP contribution in [-0.2, 0) is 14.3 Å². The van der Waals surface area contributed by atoms with Gasteiger partial charge in [0.15, 0.2) is 0 Å². The highest BCUT2D eigenvalue weighted by Crippen LogP contribution is 2.34. The molecule has 2 aromatic carbocycles. The Morgan fingerprint density at radius 3 is 2.62 bits per heavy atom. The van der Waals surface area contributed by atoms with Gasteiger partial charge in [-0.2, -0.15) is 5.10 Å². The van der Waals surface area contributed by atoms with Crippen LogP contribution < -0.4 is 0 Å². The van der Waals surface area contributed by atoms with E-state index < -0.39 is 22.7 Å². The highest BCUT2D eigenvalue weighted by atomic mass is 19.1. The summed E-state index contributed by atoms with van der Waals surface area (Å²) in [5, 5.41) is 16.9. The number of non-ortho nitro benzene ring substituents is 1. The van der Waals surface area contributed by atoms with Crippen LogP contribution in [0.5, 0.6) is 0 Å². The molecule has 3 rings (SSSR count). The van der Waals surface area contributed by atoms with Gasteiger partial charge in [-0.25, -0.2) is 9.40 Å². The predicted molar refractivity (Wildman–Crippen MR) is 114 cm³/mol. The standard InChI is InChI=1S/C22H23FN4O5/c1-15(28)25(10-11-32-2)14-22(29)26-21(17-4-3-5-19(12-17)27(30)31)13-20(24-26)16-6-8-18(23)9-7-16/h3-9,12,21H,10-11,13-14H2,1-2H3/t21-/m0/s1. The first kappa shape index (κ1) is 23.0. The van der Waals surface area contributed by atoms with Gasteiger partial charge in [-0.1, -0.05) is 24.3 Å².